The Kier molecular flexibility index (Phi) is 5.14. The summed E-state index contributed by atoms with van der Waals surface area (Å²) in [5.41, 5.74) is -0.740. The predicted octanol–water partition coefficient (Wildman–Crippen LogP) is -1.67. The summed E-state index contributed by atoms with van der Waals surface area (Å²) in [6.07, 6.45) is 4.79. The normalized spacial score (nSPS) is 13.5. The molecule has 3 aromatic heterocycles. The van der Waals surface area contributed by atoms with Crippen molar-refractivity contribution in [3.63, 3.8) is 0 Å². The van der Waals surface area contributed by atoms with E-state index in [1.807, 2.05) is 0 Å². The summed E-state index contributed by atoms with van der Waals surface area (Å²) in [4.78, 5) is 53.7. The predicted molar refractivity (Wildman–Crippen MR) is 107 cm³/mol. The Hall–Kier alpha value is -3.44. The van der Waals surface area contributed by atoms with Crippen LogP contribution >= 0.6 is 0 Å². The number of hydrogen-bond donors (Lipinski definition) is 1. The maximum atomic E-state index is 12.6. The van der Waals surface area contributed by atoms with Gasteiger partial charge in [0.2, 0.25) is 5.91 Å². The van der Waals surface area contributed by atoms with Crippen molar-refractivity contribution in [1.29, 1.82) is 0 Å². The Morgan fingerprint density at radius 2 is 1.97 bits per heavy atom. The monoisotopic (exact) mass is 416 g/mol. The van der Waals surface area contributed by atoms with Crippen molar-refractivity contribution >= 4 is 17.1 Å². The van der Waals surface area contributed by atoms with Gasteiger partial charge in [-0.3, -0.25) is 18.7 Å². The molecule has 0 aromatic carbocycles. The molecule has 12 nitrogen and oxygen atoms in total. The standard InChI is InChI=1S/C18H24N8O4/c1-22-11-20-15-14(22)16(28)25(17(29)23(15)2)10-13(27)19-7-5-9-26-18(30)24-8-4-3-6-12(24)21-26/h11H,3-10H2,1-2H3,(H,19,27). The van der Waals surface area contributed by atoms with Gasteiger partial charge < -0.3 is 9.88 Å². The van der Waals surface area contributed by atoms with Crippen LogP contribution in [0, 0.1) is 0 Å². The lowest BCUT2D eigenvalue weighted by atomic mass is 10.2. The lowest BCUT2D eigenvalue weighted by Gasteiger charge is -2.09. The molecule has 160 valence electrons. The van der Waals surface area contributed by atoms with E-state index in [0.717, 1.165) is 29.7 Å². The van der Waals surface area contributed by atoms with Crippen LogP contribution in [0.1, 0.15) is 25.1 Å². The number of hydrogen-bond acceptors (Lipinski definition) is 6. The zero-order valence-corrected chi connectivity index (χ0v) is 17.0. The summed E-state index contributed by atoms with van der Waals surface area (Å²) in [5, 5.41) is 7.05. The van der Waals surface area contributed by atoms with Gasteiger partial charge in [-0.2, -0.15) is 5.10 Å². The molecule has 30 heavy (non-hydrogen) atoms. The third kappa shape index (κ3) is 3.37. The highest BCUT2D eigenvalue weighted by molar-refractivity contribution is 5.76. The molecule has 4 rings (SSSR count). The minimum Gasteiger partial charge on any atom is -0.354 e. The Labute approximate surface area is 170 Å². The Morgan fingerprint density at radius 3 is 2.73 bits per heavy atom. The maximum absolute atomic E-state index is 12.6. The first-order chi connectivity index (χ1) is 14.4. The van der Waals surface area contributed by atoms with Crippen LogP contribution in [-0.2, 0) is 44.9 Å². The van der Waals surface area contributed by atoms with Gasteiger partial charge in [0, 0.05) is 40.2 Å². The van der Waals surface area contributed by atoms with E-state index in [2.05, 4.69) is 15.4 Å². The second-order valence-corrected chi connectivity index (χ2v) is 7.49. The lowest BCUT2D eigenvalue weighted by molar-refractivity contribution is -0.121. The van der Waals surface area contributed by atoms with E-state index in [1.165, 1.54) is 27.2 Å². The molecule has 0 saturated carbocycles. The highest BCUT2D eigenvalue weighted by Crippen LogP contribution is 2.09. The van der Waals surface area contributed by atoms with Crippen LogP contribution in [0.4, 0.5) is 0 Å². The molecular formula is C18H24N8O4. The van der Waals surface area contributed by atoms with Crippen molar-refractivity contribution in [2.45, 2.75) is 45.3 Å². The molecule has 1 amide bonds. The molecule has 3 aromatic rings. The second-order valence-electron chi connectivity index (χ2n) is 7.49. The zero-order valence-electron chi connectivity index (χ0n) is 17.0. The summed E-state index contributed by atoms with van der Waals surface area (Å²) < 4.78 is 6.81. The van der Waals surface area contributed by atoms with Crippen molar-refractivity contribution in [3.8, 4) is 0 Å². The smallest absolute Gasteiger partial charge is 0.345 e. The van der Waals surface area contributed by atoms with Crippen LogP contribution in [0.5, 0.6) is 0 Å². The number of aromatic nitrogens is 7. The van der Waals surface area contributed by atoms with E-state index in [4.69, 9.17) is 0 Å². The molecule has 0 spiro atoms. The molecule has 0 fully saturated rings. The highest BCUT2D eigenvalue weighted by atomic mass is 16.2. The molecule has 0 bridgehead atoms. The van der Waals surface area contributed by atoms with Gasteiger partial charge in [0.25, 0.3) is 5.56 Å². The van der Waals surface area contributed by atoms with Crippen LogP contribution in [-0.4, -0.2) is 45.5 Å². The average Bonchev–Trinajstić information content (AvgIpc) is 3.27. The number of amides is 1. The highest BCUT2D eigenvalue weighted by Gasteiger charge is 2.18. The van der Waals surface area contributed by atoms with Gasteiger partial charge in [-0.05, 0) is 19.3 Å². The molecule has 1 N–H and O–H groups in total. The summed E-state index contributed by atoms with van der Waals surface area (Å²) in [6.45, 7) is 1.01. The number of nitrogens with one attached hydrogen (secondary N) is 1. The van der Waals surface area contributed by atoms with Gasteiger partial charge in [-0.15, -0.1) is 0 Å². The number of fused-ring (bicyclic) bond motifs is 2. The quantitative estimate of drug-likeness (QED) is 0.479. The Morgan fingerprint density at radius 1 is 1.17 bits per heavy atom. The van der Waals surface area contributed by atoms with E-state index in [0.29, 0.717) is 26.1 Å². The first-order valence-corrected chi connectivity index (χ1v) is 9.92. The van der Waals surface area contributed by atoms with Crippen LogP contribution in [0.25, 0.3) is 11.2 Å². The molecule has 0 radical (unpaired) electrons. The molecule has 0 aliphatic carbocycles. The third-order valence-electron chi connectivity index (χ3n) is 5.40. The van der Waals surface area contributed by atoms with Crippen molar-refractivity contribution < 1.29 is 4.79 Å². The van der Waals surface area contributed by atoms with Gasteiger partial charge in [0.1, 0.15) is 12.4 Å². The topological polar surface area (TPSA) is 131 Å². The van der Waals surface area contributed by atoms with Crippen molar-refractivity contribution in [1.82, 2.24) is 38.3 Å². The van der Waals surface area contributed by atoms with Crippen molar-refractivity contribution in [2.75, 3.05) is 6.54 Å². The van der Waals surface area contributed by atoms with E-state index < -0.39 is 17.2 Å². The first kappa shape index (κ1) is 19.9. The molecule has 0 atom stereocenters. The lowest BCUT2D eigenvalue weighted by Crippen LogP contribution is -2.43. The van der Waals surface area contributed by atoms with E-state index >= 15 is 0 Å². The second kappa shape index (κ2) is 7.76. The first-order valence-electron chi connectivity index (χ1n) is 9.92. The molecule has 1 aliphatic rings. The molecule has 12 heteroatoms. The number of nitrogens with zero attached hydrogens (tertiary/aromatic N) is 7. The number of aryl methyl sites for hydroxylation is 4. The minimum atomic E-state index is -0.600. The van der Waals surface area contributed by atoms with Gasteiger partial charge in [-0.1, -0.05) is 0 Å². The summed E-state index contributed by atoms with van der Waals surface area (Å²) >= 11 is 0. The number of imidazole rings is 1. The SMILES string of the molecule is Cn1cnc2c1c(=O)n(CC(=O)NCCCn1nc3n(c1=O)CCCC3)c(=O)n2C. The van der Waals surface area contributed by atoms with E-state index in [-0.39, 0.29) is 23.4 Å². The summed E-state index contributed by atoms with van der Waals surface area (Å²) in [5.74, 6) is 0.364. The summed E-state index contributed by atoms with van der Waals surface area (Å²) in [6, 6.07) is 0. The Balaban J connectivity index is 1.39. The molecule has 0 saturated heterocycles. The minimum absolute atomic E-state index is 0.115. The molecule has 1 aliphatic heterocycles. The van der Waals surface area contributed by atoms with Gasteiger partial charge in [-0.25, -0.2) is 23.8 Å². The summed E-state index contributed by atoms with van der Waals surface area (Å²) in [7, 11) is 3.16. The van der Waals surface area contributed by atoms with Crippen LogP contribution in [0.2, 0.25) is 0 Å². The molecular weight excluding hydrogens is 392 g/mol. The van der Waals surface area contributed by atoms with Crippen molar-refractivity contribution in [3.05, 3.63) is 43.5 Å². The fourth-order valence-corrected chi connectivity index (χ4v) is 3.79. The van der Waals surface area contributed by atoms with Crippen LogP contribution < -0.4 is 22.3 Å². The molecule has 0 unspecified atom stereocenters. The van der Waals surface area contributed by atoms with E-state index in [1.54, 1.807) is 11.6 Å². The Bertz CT molecular complexity index is 1290. The fourth-order valence-electron chi connectivity index (χ4n) is 3.79. The van der Waals surface area contributed by atoms with Crippen LogP contribution in [0.3, 0.4) is 0 Å². The number of rotatable bonds is 6. The molecule has 4 heterocycles. The van der Waals surface area contributed by atoms with Gasteiger partial charge >= 0.3 is 11.4 Å². The van der Waals surface area contributed by atoms with Gasteiger partial charge in [0.05, 0.1) is 6.33 Å². The van der Waals surface area contributed by atoms with Crippen molar-refractivity contribution in [2.24, 2.45) is 14.1 Å². The van der Waals surface area contributed by atoms with E-state index in [9.17, 15) is 19.2 Å². The van der Waals surface area contributed by atoms with Gasteiger partial charge in [0.15, 0.2) is 11.2 Å². The largest absolute Gasteiger partial charge is 0.354 e. The third-order valence-corrected chi connectivity index (χ3v) is 5.40. The zero-order chi connectivity index (χ0) is 21.4. The van der Waals surface area contributed by atoms with Crippen LogP contribution in [0.15, 0.2) is 20.7 Å². The number of carbonyl (C=O) groups excluding carboxylic acids is 1. The number of carbonyl (C=O) groups is 1. The maximum Gasteiger partial charge on any atom is 0.345 e. The fraction of sp³-hybridized carbons (Fsp3) is 0.556. The average molecular weight is 416 g/mol.